The van der Waals surface area contributed by atoms with Crippen LogP contribution < -0.4 is 0 Å². The molecular formula is C14H15NO2. The molecule has 0 amide bonds. The summed E-state index contributed by atoms with van der Waals surface area (Å²) in [6, 6.07) is 15.2. The largest absolute Gasteiger partial charge is 0.469 e. The summed E-state index contributed by atoms with van der Waals surface area (Å²) in [5.74, 6) is -0.198. The van der Waals surface area contributed by atoms with E-state index in [2.05, 4.69) is 9.72 Å². The molecule has 0 aliphatic heterocycles. The number of rotatable bonds is 2. The second-order valence-electron chi connectivity index (χ2n) is 3.26. The average Bonchev–Trinajstić information content (AvgIpc) is 2.42. The third-order valence-electron chi connectivity index (χ3n) is 1.99. The first kappa shape index (κ1) is 12.9. The normalized spacial score (nSPS) is 8.76. The molecular weight excluding hydrogens is 214 g/mol. The fraction of sp³-hybridized carbons (Fsp3) is 0.143. The van der Waals surface area contributed by atoms with Crippen molar-refractivity contribution in [2.75, 3.05) is 7.11 Å². The first-order valence-electron chi connectivity index (χ1n) is 5.28. The predicted octanol–water partition coefficient (Wildman–Crippen LogP) is 2.48. The molecule has 1 aromatic carbocycles. The summed E-state index contributed by atoms with van der Waals surface area (Å²) < 4.78 is 4.52. The van der Waals surface area contributed by atoms with E-state index in [1.165, 1.54) is 7.11 Å². The summed E-state index contributed by atoms with van der Waals surface area (Å²) in [5.41, 5.74) is 0.986. The van der Waals surface area contributed by atoms with Crippen LogP contribution >= 0.6 is 0 Å². The van der Waals surface area contributed by atoms with Gasteiger partial charge in [0.25, 0.3) is 0 Å². The van der Waals surface area contributed by atoms with E-state index in [-0.39, 0.29) is 5.97 Å². The van der Waals surface area contributed by atoms with Gasteiger partial charge in [-0.25, -0.2) is 0 Å². The number of benzene rings is 1. The molecule has 0 aliphatic carbocycles. The monoisotopic (exact) mass is 229 g/mol. The van der Waals surface area contributed by atoms with Gasteiger partial charge in [-0.2, -0.15) is 0 Å². The van der Waals surface area contributed by atoms with E-state index in [1.807, 2.05) is 48.5 Å². The highest BCUT2D eigenvalue weighted by atomic mass is 16.5. The number of carbonyl (C=O) groups is 1. The molecule has 0 unspecified atom stereocenters. The Bertz CT molecular complexity index is 388. The van der Waals surface area contributed by atoms with Crippen LogP contribution in [0, 0.1) is 0 Å². The number of methoxy groups -OCH3 is 1. The Morgan fingerprint density at radius 3 is 2.06 bits per heavy atom. The van der Waals surface area contributed by atoms with E-state index in [9.17, 15) is 4.79 Å². The van der Waals surface area contributed by atoms with Gasteiger partial charge in [0.1, 0.15) is 0 Å². The van der Waals surface area contributed by atoms with Crippen LogP contribution in [0.3, 0.4) is 0 Å². The molecule has 0 fully saturated rings. The standard InChI is InChI=1S/C9H10O2.C5H5N/c1-11-9(10)7-8-5-3-2-4-6-8;1-2-4-6-5-3-1/h2-6H,7H2,1H3;1-5H. The fourth-order valence-corrected chi connectivity index (χ4v) is 1.15. The molecule has 1 aromatic heterocycles. The van der Waals surface area contributed by atoms with E-state index in [0.717, 1.165) is 5.56 Å². The molecule has 0 aliphatic rings. The Hall–Kier alpha value is -2.16. The number of hydrogen-bond donors (Lipinski definition) is 0. The first-order chi connectivity index (χ1) is 8.33. The maximum Gasteiger partial charge on any atom is 0.309 e. The third kappa shape index (κ3) is 6.10. The number of ether oxygens (including phenoxy) is 1. The summed E-state index contributed by atoms with van der Waals surface area (Å²) in [5, 5.41) is 0. The van der Waals surface area contributed by atoms with E-state index >= 15 is 0 Å². The minimum atomic E-state index is -0.198. The molecule has 0 radical (unpaired) electrons. The molecule has 3 heteroatoms. The van der Waals surface area contributed by atoms with Gasteiger partial charge in [0.2, 0.25) is 0 Å². The van der Waals surface area contributed by atoms with Crippen molar-refractivity contribution in [1.82, 2.24) is 4.98 Å². The van der Waals surface area contributed by atoms with Crippen molar-refractivity contribution in [2.45, 2.75) is 6.42 Å². The maximum atomic E-state index is 10.8. The Morgan fingerprint density at radius 2 is 1.65 bits per heavy atom. The average molecular weight is 229 g/mol. The van der Waals surface area contributed by atoms with Gasteiger partial charge in [0.05, 0.1) is 13.5 Å². The van der Waals surface area contributed by atoms with Gasteiger partial charge in [-0.15, -0.1) is 0 Å². The van der Waals surface area contributed by atoms with Gasteiger partial charge in [-0.3, -0.25) is 9.78 Å². The van der Waals surface area contributed by atoms with E-state index in [1.54, 1.807) is 12.4 Å². The molecule has 0 N–H and O–H groups in total. The summed E-state index contributed by atoms with van der Waals surface area (Å²) in [6.07, 6.45) is 3.86. The lowest BCUT2D eigenvalue weighted by molar-refractivity contribution is -0.139. The Kier molecular flexibility index (Phi) is 6.11. The molecule has 2 aromatic rings. The van der Waals surface area contributed by atoms with Crippen LogP contribution in [-0.4, -0.2) is 18.1 Å². The highest BCUT2D eigenvalue weighted by Gasteiger charge is 1.99. The zero-order valence-electron chi connectivity index (χ0n) is 9.74. The van der Waals surface area contributed by atoms with Crippen LogP contribution in [-0.2, 0) is 16.0 Å². The fourth-order valence-electron chi connectivity index (χ4n) is 1.15. The van der Waals surface area contributed by atoms with Crippen LogP contribution in [0.1, 0.15) is 5.56 Å². The molecule has 0 saturated carbocycles. The van der Waals surface area contributed by atoms with Crippen molar-refractivity contribution in [3.63, 3.8) is 0 Å². The number of nitrogens with zero attached hydrogens (tertiary/aromatic N) is 1. The highest BCUT2D eigenvalue weighted by molar-refractivity contribution is 5.72. The van der Waals surface area contributed by atoms with Crippen molar-refractivity contribution in [1.29, 1.82) is 0 Å². The van der Waals surface area contributed by atoms with Gasteiger partial charge in [-0.1, -0.05) is 36.4 Å². The molecule has 3 nitrogen and oxygen atoms in total. The zero-order valence-corrected chi connectivity index (χ0v) is 9.74. The lowest BCUT2D eigenvalue weighted by atomic mass is 10.2. The highest BCUT2D eigenvalue weighted by Crippen LogP contribution is 1.99. The Balaban J connectivity index is 0.000000202. The molecule has 2 rings (SSSR count). The summed E-state index contributed by atoms with van der Waals surface area (Å²) in [4.78, 5) is 14.5. The number of esters is 1. The Labute approximate surface area is 101 Å². The van der Waals surface area contributed by atoms with Crippen molar-refractivity contribution in [2.24, 2.45) is 0 Å². The van der Waals surface area contributed by atoms with Gasteiger partial charge < -0.3 is 4.74 Å². The van der Waals surface area contributed by atoms with Gasteiger partial charge >= 0.3 is 5.97 Å². The first-order valence-corrected chi connectivity index (χ1v) is 5.28. The molecule has 0 bridgehead atoms. The zero-order chi connectivity index (χ0) is 12.3. The summed E-state index contributed by atoms with van der Waals surface area (Å²) in [7, 11) is 1.39. The number of hydrogen-bond acceptors (Lipinski definition) is 3. The molecule has 1 heterocycles. The molecule has 17 heavy (non-hydrogen) atoms. The molecule has 0 spiro atoms. The van der Waals surface area contributed by atoms with Crippen LogP contribution in [0.5, 0.6) is 0 Å². The second-order valence-corrected chi connectivity index (χ2v) is 3.26. The molecule has 88 valence electrons. The predicted molar refractivity (Wildman–Crippen MR) is 66.4 cm³/mol. The maximum absolute atomic E-state index is 10.8. The van der Waals surface area contributed by atoms with Crippen LogP contribution in [0.2, 0.25) is 0 Å². The molecule has 0 saturated heterocycles. The number of carbonyl (C=O) groups excluding carboxylic acids is 1. The van der Waals surface area contributed by atoms with Gasteiger partial charge in [0, 0.05) is 12.4 Å². The van der Waals surface area contributed by atoms with Crippen LogP contribution in [0.4, 0.5) is 0 Å². The van der Waals surface area contributed by atoms with Crippen molar-refractivity contribution >= 4 is 5.97 Å². The topological polar surface area (TPSA) is 39.2 Å². The van der Waals surface area contributed by atoms with E-state index in [4.69, 9.17) is 0 Å². The van der Waals surface area contributed by atoms with Crippen molar-refractivity contribution in [3.8, 4) is 0 Å². The van der Waals surface area contributed by atoms with Crippen molar-refractivity contribution in [3.05, 3.63) is 66.5 Å². The number of pyridine rings is 1. The summed E-state index contributed by atoms with van der Waals surface area (Å²) in [6.45, 7) is 0. The lowest BCUT2D eigenvalue weighted by Gasteiger charge is -1.97. The molecule has 0 atom stereocenters. The Morgan fingerprint density at radius 1 is 1.06 bits per heavy atom. The minimum absolute atomic E-state index is 0.198. The van der Waals surface area contributed by atoms with E-state index < -0.39 is 0 Å². The van der Waals surface area contributed by atoms with Gasteiger partial charge in [-0.05, 0) is 17.7 Å². The van der Waals surface area contributed by atoms with Crippen LogP contribution in [0.15, 0.2) is 60.9 Å². The van der Waals surface area contributed by atoms with Crippen molar-refractivity contribution < 1.29 is 9.53 Å². The summed E-state index contributed by atoms with van der Waals surface area (Å²) >= 11 is 0. The van der Waals surface area contributed by atoms with Gasteiger partial charge in [0.15, 0.2) is 0 Å². The SMILES string of the molecule is COC(=O)Cc1ccccc1.c1ccncc1. The minimum Gasteiger partial charge on any atom is -0.469 e. The lowest BCUT2D eigenvalue weighted by Crippen LogP contribution is -2.03. The second kappa shape index (κ2) is 8.05. The number of aromatic nitrogens is 1. The third-order valence-corrected chi connectivity index (χ3v) is 1.99. The van der Waals surface area contributed by atoms with Crippen LogP contribution in [0.25, 0.3) is 0 Å². The smallest absolute Gasteiger partial charge is 0.309 e. The quantitative estimate of drug-likeness (QED) is 0.743. The van der Waals surface area contributed by atoms with E-state index in [0.29, 0.717) is 6.42 Å².